The molecular weight excluding hydrogens is 348 g/mol. The van der Waals surface area contributed by atoms with Crippen molar-refractivity contribution in [2.75, 3.05) is 0 Å². The summed E-state index contributed by atoms with van der Waals surface area (Å²) >= 11 is 1.60. The Hall–Kier alpha value is -2.47. The smallest absolute Gasteiger partial charge is 0.344 e. The van der Waals surface area contributed by atoms with Gasteiger partial charge in [-0.1, -0.05) is 45.0 Å². The third kappa shape index (κ3) is 3.42. The molecule has 1 atom stereocenters. The number of aryl methyl sites for hydroxylation is 1. The number of carboxylic acids is 1. The van der Waals surface area contributed by atoms with Crippen LogP contribution >= 0.6 is 11.3 Å². The van der Waals surface area contributed by atoms with Crippen LogP contribution < -0.4 is 4.74 Å². The summed E-state index contributed by atoms with van der Waals surface area (Å²) in [4.78, 5) is 21.8. The molecule has 3 aromatic rings. The summed E-state index contributed by atoms with van der Waals surface area (Å²) in [5.41, 5.74) is 3.38. The molecule has 0 aliphatic rings. The number of thiophene rings is 1. The van der Waals surface area contributed by atoms with E-state index in [2.05, 4.69) is 55.0 Å². The number of hydrogen-bond donors (Lipinski definition) is 1. The normalized spacial score (nSPS) is 12.5. The molecule has 0 spiro atoms. The summed E-state index contributed by atoms with van der Waals surface area (Å²) in [6.07, 6.45) is 1.30. The lowest BCUT2D eigenvalue weighted by molar-refractivity contribution is -0.144. The van der Waals surface area contributed by atoms with Crippen LogP contribution in [0.3, 0.4) is 0 Å². The molecule has 6 heteroatoms. The number of carboxylic acid groups (broad SMARTS) is 1. The van der Waals surface area contributed by atoms with Crippen molar-refractivity contribution in [3.8, 4) is 17.0 Å². The van der Waals surface area contributed by atoms with E-state index in [-0.39, 0.29) is 0 Å². The van der Waals surface area contributed by atoms with Gasteiger partial charge in [-0.15, -0.1) is 11.3 Å². The van der Waals surface area contributed by atoms with E-state index in [9.17, 15) is 4.79 Å². The van der Waals surface area contributed by atoms with Crippen molar-refractivity contribution in [3.05, 3.63) is 41.0 Å². The molecule has 0 saturated heterocycles. The van der Waals surface area contributed by atoms with Gasteiger partial charge >= 0.3 is 5.97 Å². The number of aromatic nitrogens is 2. The Morgan fingerprint density at radius 2 is 1.88 bits per heavy atom. The molecule has 0 bridgehead atoms. The number of benzene rings is 1. The van der Waals surface area contributed by atoms with Crippen LogP contribution in [0.5, 0.6) is 5.88 Å². The molecule has 0 unspecified atom stereocenters. The maximum atomic E-state index is 11.2. The molecule has 5 nitrogen and oxygen atoms in total. The molecule has 0 aliphatic heterocycles. The van der Waals surface area contributed by atoms with Crippen LogP contribution in [0.25, 0.3) is 21.3 Å². The van der Waals surface area contributed by atoms with Crippen LogP contribution in [0.1, 0.15) is 44.1 Å². The van der Waals surface area contributed by atoms with Crippen molar-refractivity contribution in [2.24, 2.45) is 0 Å². The lowest BCUT2D eigenvalue weighted by Crippen LogP contribution is -2.23. The van der Waals surface area contributed by atoms with Crippen molar-refractivity contribution in [3.63, 3.8) is 0 Å². The Bertz CT molecular complexity index is 932. The highest BCUT2D eigenvalue weighted by Crippen LogP contribution is 2.42. The van der Waals surface area contributed by atoms with E-state index in [0.717, 1.165) is 27.8 Å². The second-order valence-corrected chi connectivity index (χ2v) is 7.57. The van der Waals surface area contributed by atoms with Gasteiger partial charge < -0.3 is 9.84 Å². The number of fused-ring (bicyclic) bond motifs is 1. The molecular formula is C20H22N2O3S. The number of rotatable bonds is 6. The summed E-state index contributed by atoms with van der Waals surface area (Å²) in [6.45, 7) is 7.93. The molecule has 0 aliphatic carbocycles. The van der Waals surface area contributed by atoms with Gasteiger partial charge in [0.25, 0.3) is 0 Å². The van der Waals surface area contributed by atoms with Gasteiger partial charge in [0.05, 0.1) is 5.39 Å². The average Bonchev–Trinajstić information content (AvgIpc) is 3.01. The zero-order valence-corrected chi connectivity index (χ0v) is 16.1. The highest BCUT2D eigenvalue weighted by molar-refractivity contribution is 7.19. The SMILES string of the molecule is CCc1sc2ncnc(O[C@H](C)C(=O)O)c2c1-c1ccc(C(C)C)cc1. The topological polar surface area (TPSA) is 72.3 Å². The second kappa shape index (κ2) is 7.41. The molecule has 26 heavy (non-hydrogen) atoms. The van der Waals surface area contributed by atoms with Crippen molar-refractivity contribution in [1.82, 2.24) is 9.97 Å². The fourth-order valence-corrected chi connectivity index (χ4v) is 3.94. The molecule has 0 fully saturated rings. The molecule has 2 heterocycles. The zero-order valence-electron chi connectivity index (χ0n) is 15.3. The number of ether oxygens (including phenoxy) is 1. The average molecular weight is 370 g/mol. The third-order valence-corrected chi connectivity index (χ3v) is 5.59. The minimum atomic E-state index is -1.02. The second-order valence-electron chi connectivity index (χ2n) is 6.49. The molecule has 1 aromatic carbocycles. The third-order valence-electron chi connectivity index (χ3n) is 4.35. The summed E-state index contributed by atoms with van der Waals surface area (Å²) < 4.78 is 5.63. The van der Waals surface area contributed by atoms with Gasteiger partial charge in [-0.2, -0.15) is 0 Å². The van der Waals surface area contributed by atoms with Gasteiger partial charge in [-0.05, 0) is 30.4 Å². The minimum absolute atomic E-state index is 0.323. The largest absolute Gasteiger partial charge is 0.479 e. The molecule has 3 rings (SSSR count). The van der Waals surface area contributed by atoms with Crippen LogP contribution in [0.4, 0.5) is 0 Å². The van der Waals surface area contributed by atoms with Gasteiger partial charge in [0.1, 0.15) is 11.2 Å². The monoisotopic (exact) mass is 370 g/mol. The highest BCUT2D eigenvalue weighted by atomic mass is 32.1. The molecule has 0 amide bonds. The van der Waals surface area contributed by atoms with E-state index in [1.54, 1.807) is 11.3 Å². The van der Waals surface area contributed by atoms with E-state index >= 15 is 0 Å². The number of hydrogen-bond acceptors (Lipinski definition) is 5. The lowest BCUT2D eigenvalue weighted by atomic mass is 9.97. The molecule has 1 N–H and O–H groups in total. The predicted octanol–water partition coefficient (Wildman–Crippen LogP) is 4.90. The van der Waals surface area contributed by atoms with E-state index in [4.69, 9.17) is 9.84 Å². The Morgan fingerprint density at radius 1 is 1.19 bits per heavy atom. The summed E-state index contributed by atoms with van der Waals surface area (Å²) in [7, 11) is 0. The van der Waals surface area contributed by atoms with E-state index in [1.807, 2.05) is 0 Å². The molecule has 0 saturated carbocycles. The Morgan fingerprint density at radius 3 is 2.46 bits per heavy atom. The number of carbonyl (C=O) groups is 1. The Balaban J connectivity index is 2.18. The maximum Gasteiger partial charge on any atom is 0.344 e. The first-order chi connectivity index (χ1) is 12.4. The van der Waals surface area contributed by atoms with Crippen LogP contribution in [0, 0.1) is 0 Å². The number of nitrogens with zero attached hydrogens (tertiary/aromatic N) is 2. The van der Waals surface area contributed by atoms with Crippen LogP contribution in [0.2, 0.25) is 0 Å². The summed E-state index contributed by atoms with van der Waals surface area (Å²) in [5.74, 6) is -0.234. The first kappa shape index (κ1) is 18.3. The van der Waals surface area contributed by atoms with Crippen molar-refractivity contribution < 1.29 is 14.6 Å². The van der Waals surface area contributed by atoms with Crippen molar-refractivity contribution in [1.29, 1.82) is 0 Å². The Kier molecular flexibility index (Phi) is 5.23. The molecule has 136 valence electrons. The van der Waals surface area contributed by atoms with E-state index in [0.29, 0.717) is 11.8 Å². The van der Waals surface area contributed by atoms with Crippen molar-refractivity contribution >= 4 is 27.5 Å². The molecule has 0 radical (unpaired) electrons. The maximum absolute atomic E-state index is 11.2. The van der Waals surface area contributed by atoms with Gasteiger partial charge in [0, 0.05) is 10.4 Å². The minimum Gasteiger partial charge on any atom is -0.479 e. The zero-order chi connectivity index (χ0) is 18.8. The summed E-state index contributed by atoms with van der Waals surface area (Å²) in [5, 5.41) is 9.96. The van der Waals surface area contributed by atoms with E-state index < -0.39 is 12.1 Å². The van der Waals surface area contributed by atoms with Crippen LogP contribution in [-0.2, 0) is 11.2 Å². The van der Waals surface area contributed by atoms with Crippen LogP contribution in [0.15, 0.2) is 30.6 Å². The fraction of sp³-hybridized carbons (Fsp3) is 0.350. The van der Waals surface area contributed by atoms with Crippen molar-refractivity contribution in [2.45, 2.75) is 46.1 Å². The first-order valence-corrected chi connectivity index (χ1v) is 9.50. The predicted molar refractivity (Wildman–Crippen MR) is 104 cm³/mol. The van der Waals surface area contributed by atoms with Gasteiger partial charge in [0.2, 0.25) is 5.88 Å². The van der Waals surface area contributed by atoms with Gasteiger partial charge in [-0.25, -0.2) is 14.8 Å². The summed E-state index contributed by atoms with van der Waals surface area (Å²) in [6, 6.07) is 8.47. The molecule has 2 aromatic heterocycles. The Labute approximate surface area is 156 Å². The van der Waals surface area contributed by atoms with Crippen LogP contribution in [-0.4, -0.2) is 27.1 Å². The first-order valence-electron chi connectivity index (χ1n) is 8.68. The lowest BCUT2D eigenvalue weighted by Gasteiger charge is -2.12. The quantitative estimate of drug-likeness (QED) is 0.668. The van der Waals surface area contributed by atoms with Gasteiger partial charge in [0.15, 0.2) is 6.10 Å². The highest BCUT2D eigenvalue weighted by Gasteiger charge is 2.22. The standard InChI is InChI=1S/C20H22N2O3S/c1-5-15-16(14-8-6-13(7-9-14)11(2)3)17-18(25-12(4)20(23)24)21-10-22-19(17)26-15/h6-12H,5H2,1-4H3,(H,23,24)/t12-/m1/s1. The van der Waals surface area contributed by atoms with E-state index in [1.165, 1.54) is 23.7 Å². The fourth-order valence-electron chi connectivity index (χ4n) is 2.85. The van der Waals surface area contributed by atoms with Gasteiger partial charge in [-0.3, -0.25) is 0 Å². The number of aliphatic carboxylic acids is 1.